The molecule has 14 heteroatoms. The first-order chi connectivity index (χ1) is 20.5. The smallest absolute Gasteiger partial charge is 0.328 e. The van der Waals surface area contributed by atoms with Crippen molar-refractivity contribution in [3.05, 3.63) is 78.4 Å². The summed E-state index contributed by atoms with van der Waals surface area (Å²) in [5.41, 5.74) is 6.27. The SMILES string of the molecule is Cl.N=C(N)N1CCC(CNC(=O)CC(NS(=O)(=O)c2ccc3ccccc3c2)C(=O)C(NCc2ccccc2)C(=O)O)CC1. The molecule has 0 aromatic heterocycles. The van der Waals surface area contributed by atoms with Gasteiger partial charge in [0.05, 0.1) is 17.4 Å². The minimum atomic E-state index is -4.33. The highest BCUT2D eigenvalue weighted by Gasteiger charge is 2.36. The third-order valence-electron chi connectivity index (χ3n) is 7.49. The summed E-state index contributed by atoms with van der Waals surface area (Å²) in [6.07, 6.45) is 0.803. The van der Waals surface area contributed by atoms with Crippen LogP contribution < -0.4 is 21.1 Å². The summed E-state index contributed by atoms with van der Waals surface area (Å²) in [6, 6.07) is 17.1. The number of hydrogen-bond donors (Lipinski definition) is 6. The normalized spacial score (nSPS) is 15.1. The van der Waals surface area contributed by atoms with E-state index in [4.69, 9.17) is 11.1 Å². The monoisotopic (exact) mass is 644 g/mol. The number of carboxylic acid groups (broad SMARTS) is 1. The Hall–Kier alpha value is -4.04. The highest BCUT2D eigenvalue weighted by Crippen LogP contribution is 2.20. The van der Waals surface area contributed by atoms with Crippen molar-refractivity contribution in [2.24, 2.45) is 11.7 Å². The topological polar surface area (TPSA) is 195 Å². The fraction of sp³-hybridized carbons (Fsp3) is 0.333. The minimum absolute atomic E-state index is 0. The van der Waals surface area contributed by atoms with Gasteiger partial charge in [-0.25, -0.2) is 13.1 Å². The molecule has 0 bridgehead atoms. The van der Waals surface area contributed by atoms with Gasteiger partial charge in [-0.15, -0.1) is 12.4 Å². The quantitative estimate of drug-likeness (QED) is 0.0914. The molecule has 1 aliphatic rings. The Balaban J connectivity index is 0.00000529. The Labute approximate surface area is 262 Å². The maximum atomic E-state index is 13.6. The summed E-state index contributed by atoms with van der Waals surface area (Å²) in [5.74, 6) is -2.97. The number of Topliss-reactive ketones (excluding diaryl/α,β-unsaturated/α-hetero) is 1. The van der Waals surface area contributed by atoms with Crippen LogP contribution in [0.2, 0.25) is 0 Å². The number of ketones is 1. The fourth-order valence-corrected chi connectivity index (χ4v) is 6.25. The number of sulfonamides is 1. The third kappa shape index (κ3) is 9.23. The van der Waals surface area contributed by atoms with Gasteiger partial charge < -0.3 is 21.1 Å². The molecule has 0 aliphatic carbocycles. The Kier molecular flexibility index (Phi) is 12.2. The van der Waals surface area contributed by atoms with Gasteiger partial charge in [-0.05, 0) is 47.2 Å². The van der Waals surface area contributed by atoms with E-state index in [1.165, 1.54) is 12.1 Å². The molecule has 1 amide bonds. The van der Waals surface area contributed by atoms with E-state index >= 15 is 0 Å². The molecular formula is C30H37ClN6O6S. The number of nitrogens with zero attached hydrogens (tertiary/aromatic N) is 1. The Morgan fingerprint density at radius 3 is 2.25 bits per heavy atom. The number of fused-ring (bicyclic) bond motifs is 1. The number of benzene rings is 3. The van der Waals surface area contributed by atoms with Gasteiger partial charge in [0.15, 0.2) is 17.8 Å². The van der Waals surface area contributed by atoms with Crippen molar-refractivity contribution in [1.29, 1.82) is 5.41 Å². The Morgan fingerprint density at radius 1 is 0.977 bits per heavy atom. The zero-order valence-corrected chi connectivity index (χ0v) is 25.6. The number of rotatable bonds is 13. The standard InChI is InChI=1S/C30H36N6O6S.ClH/c31-30(32)36-14-12-21(13-15-36)18-33-26(37)17-25(28(38)27(29(39)40)34-19-20-6-2-1-3-7-20)35-43(41,42)24-11-10-22-8-4-5-9-23(22)16-24;/h1-11,16,21,25,27,34-35H,12-15,17-19H2,(H3,31,32)(H,33,37)(H,39,40);1H. The second-order valence-corrected chi connectivity index (χ2v) is 12.3. The zero-order chi connectivity index (χ0) is 31.0. The molecule has 0 radical (unpaired) electrons. The van der Waals surface area contributed by atoms with Gasteiger partial charge in [-0.2, -0.15) is 0 Å². The van der Waals surface area contributed by atoms with Gasteiger partial charge in [0.25, 0.3) is 0 Å². The molecule has 0 saturated carbocycles. The lowest BCUT2D eigenvalue weighted by Gasteiger charge is -2.32. The number of nitrogens with one attached hydrogen (secondary N) is 4. The number of piperidine rings is 1. The van der Waals surface area contributed by atoms with Gasteiger partial charge in [-0.1, -0.05) is 60.7 Å². The average Bonchev–Trinajstić information content (AvgIpc) is 3.00. The molecule has 1 saturated heterocycles. The molecule has 1 aliphatic heterocycles. The molecule has 0 spiro atoms. The number of hydrogen-bond acceptors (Lipinski definition) is 7. The Morgan fingerprint density at radius 2 is 1.61 bits per heavy atom. The molecule has 1 fully saturated rings. The van der Waals surface area contributed by atoms with E-state index in [-0.39, 0.29) is 42.3 Å². The highest BCUT2D eigenvalue weighted by atomic mass is 35.5. The van der Waals surface area contributed by atoms with Gasteiger partial charge in [-0.3, -0.25) is 25.1 Å². The second kappa shape index (κ2) is 15.6. The van der Waals surface area contributed by atoms with Crippen LogP contribution in [0.4, 0.5) is 0 Å². The van der Waals surface area contributed by atoms with Crippen LogP contribution >= 0.6 is 12.4 Å². The molecule has 2 atom stereocenters. The summed E-state index contributed by atoms with van der Waals surface area (Å²) >= 11 is 0. The first kappa shape index (κ1) is 34.5. The molecule has 12 nitrogen and oxygen atoms in total. The van der Waals surface area contributed by atoms with E-state index in [0.717, 1.165) is 10.9 Å². The lowest BCUT2D eigenvalue weighted by molar-refractivity contribution is -0.144. The maximum Gasteiger partial charge on any atom is 0.328 e. The van der Waals surface area contributed by atoms with Crippen molar-refractivity contribution in [1.82, 2.24) is 20.3 Å². The molecule has 4 rings (SSSR count). The largest absolute Gasteiger partial charge is 0.480 e. The molecule has 2 unspecified atom stereocenters. The van der Waals surface area contributed by atoms with E-state index in [1.807, 2.05) is 12.1 Å². The molecular weight excluding hydrogens is 608 g/mol. The summed E-state index contributed by atoms with van der Waals surface area (Å²) in [4.78, 5) is 40.4. The number of nitrogens with two attached hydrogens (primary N) is 1. The predicted octanol–water partition coefficient (Wildman–Crippen LogP) is 1.83. The average molecular weight is 645 g/mol. The van der Waals surface area contributed by atoms with Crippen LogP contribution in [-0.4, -0.2) is 73.8 Å². The lowest BCUT2D eigenvalue weighted by atomic mass is 9.96. The molecule has 3 aromatic rings. The number of aliphatic carboxylic acids is 1. The van der Waals surface area contributed by atoms with E-state index in [0.29, 0.717) is 31.3 Å². The molecule has 7 N–H and O–H groups in total. The number of carboxylic acids is 1. The zero-order valence-electron chi connectivity index (χ0n) is 23.9. The van der Waals surface area contributed by atoms with Crippen LogP contribution in [-0.2, 0) is 31.0 Å². The Bertz CT molecular complexity index is 1580. The minimum Gasteiger partial charge on any atom is -0.480 e. The van der Waals surface area contributed by atoms with Crippen LogP contribution in [0, 0.1) is 11.3 Å². The fourth-order valence-electron chi connectivity index (χ4n) is 5.01. The van der Waals surface area contributed by atoms with E-state index in [9.17, 15) is 27.9 Å². The van der Waals surface area contributed by atoms with Crippen LogP contribution in [0.25, 0.3) is 10.8 Å². The van der Waals surface area contributed by atoms with Crippen LogP contribution in [0.1, 0.15) is 24.8 Å². The maximum absolute atomic E-state index is 13.6. The van der Waals surface area contributed by atoms with Crippen molar-refractivity contribution in [2.75, 3.05) is 19.6 Å². The summed E-state index contributed by atoms with van der Waals surface area (Å²) in [7, 11) is -4.33. The van der Waals surface area contributed by atoms with E-state index in [1.54, 1.807) is 53.4 Å². The number of likely N-dealkylation sites (tertiary alicyclic amines) is 1. The number of carbonyl (C=O) groups excluding carboxylic acids is 2. The van der Waals surface area contributed by atoms with Crippen LogP contribution in [0.3, 0.4) is 0 Å². The summed E-state index contributed by atoms with van der Waals surface area (Å²) in [5, 5.41) is 24.4. The van der Waals surface area contributed by atoms with Gasteiger partial charge in [0, 0.05) is 26.2 Å². The van der Waals surface area contributed by atoms with Gasteiger partial charge in [0.2, 0.25) is 15.9 Å². The molecule has 44 heavy (non-hydrogen) atoms. The van der Waals surface area contributed by atoms with Crippen molar-refractivity contribution < 1.29 is 27.9 Å². The number of amides is 1. The van der Waals surface area contributed by atoms with Crippen molar-refractivity contribution in [3.63, 3.8) is 0 Å². The number of halogens is 1. The van der Waals surface area contributed by atoms with Crippen molar-refractivity contribution in [2.45, 2.75) is 42.8 Å². The van der Waals surface area contributed by atoms with Gasteiger partial charge in [0.1, 0.15) is 0 Å². The van der Waals surface area contributed by atoms with E-state index in [2.05, 4.69) is 15.4 Å². The first-order valence-corrected chi connectivity index (χ1v) is 15.4. The molecule has 236 valence electrons. The van der Waals surface area contributed by atoms with Crippen LogP contribution in [0.15, 0.2) is 77.7 Å². The first-order valence-electron chi connectivity index (χ1n) is 13.9. The van der Waals surface area contributed by atoms with Crippen molar-refractivity contribution >= 4 is 56.8 Å². The molecule has 3 aromatic carbocycles. The number of carbonyl (C=O) groups is 3. The summed E-state index contributed by atoms with van der Waals surface area (Å²) in [6.45, 7) is 1.49. The predicted molar refractivity (Wildman–Crippen MR) is 169 cm³/mol. The van der Waals surface area contributed by atoms with Gasteiger partial charge >= 0.3 is 5.97 Å². The van der Waals surface area contributed by atoms with Crippen LogP contribution in [0.5, 0.6) is 0 Å². The second-order valence-electron chi connectivity index (χ2n) is 10.5. The lowest BCUT2D eigenvalue weighted by Crippen LogP contribution is -2.54. The number of guanidine groups is 1. The molecule has 1 heterocycles. The summed E-state index contributed by atoms with van der Waals surface area (Å²) < 4.78 is 29.2. The highest BCUT2D eigenvalue weighted by molar-refractivity contribution is 7.89. The third-order valence-corrected chi connectivity index (χ3v) is 8.96. The van der Waals surface area contributed by atoms with Crippen molar-refractivity contribution in [3.8, 4) is 0 Å². The van der Waals surface area contributed by atoms with E-state index < -0.39 is 46.2 Å².